The number of anilines is 1. The number of nitrogens with zero attached hydrogens (tertiary/aromatic N) is 4. The summed E-state index contributed by atoms with van der Waals surface area (Å²) in [6, 6.07) is 3.19. The lowest BCUT2D eigenvalue weighted by Crippen LogP contribution is -2.48. The Morgan fingerprint density at radius 2 is 2.21 bits per heavy atom. The summed E-state index contributed by atoms with van der Waals surface area (Å²) < 4.78 is 7.74. The maximum Gasteiger partial charge on any atom is 0.273 e. The number of nitro benzene ring substituents is 1. The Morgan fingerprint density at radius 3 is 2.83 bits per heavy atom. The monoisotopic (exact) mass is 350 g/mol. The molecule has 1 saturated heterocycles. The normalized spacial score (nSPS) is 21.1. The van der Waals surface area contributed by atoms with Crippen LogP contribution in [0.1, 0.15) is 18.1 Å². The molecule has 7 nitrogen and oxygen atoms in total. The summed E-state index contributed by atoms with van der Waals surface area (Å²) in [6.45, 7) is 5.54. The predicted octanol–water partition coefficient (Wildman–Crippen LogP) is 3.04. The van der Waals surface area contributed by atoms with Crippen LogP contribution in [0.4, 0.5) is 11.4 Å². The minimum Gasteiger partial charge on any atom is -0.367 e. The first-order chi connectivity index (χ1) is 11.3. The molecule has 1 unspecified atom stereocenters. The molecule has 0 amide bonds. The van der Waals surface area contributed by atoms with Crippen LogP contribution >= 0.6 is 11.6 Å². The number of nitro groups is 1. The van der Waals surface area contributed by atoms with E-state index in [2.05, 4.69) is 10.00 Å². The molecule has 0 saturated carbocycles. The number of rotatable bonds is 3. The number of aromatic nitrogens is 2. The van der Waals surface area contributed by atoms with E-state index in [1.807, 2.05) is 20.2 Å². The van der Waals surface area contributed by atoms with Crippen molar-refractivity contribution in [1.82, 2.24) is 9.78 Å². The molecule has 2 heterocycles. The van der Waals surface area contributed by atoms with Crippen molar-refractivity contribution >= 4 is 23.0 Å². The van der Waals surface area contributed by atoms with Gasteiger partial charge in [-0.3, -0.25) is 14.8 Å². The summed E-state index contributed by atoms with van der Waals surface area (Å²) in [5.74, 6) is 0. The van der Waals surface area contributed by atoms with E-state index in [0.717, 1.165) is 11.3 Å². The Labute approximate surface area is 144 Å². The van der Waals surface area contributed by atoms with Crippen LogP contribution < -0.4 is 4.90 Å². The van der Waals surface area contributed by atoms with E-state index >= 15 is 0 Å². The Kier molecular flexibility index (Phi) is 4.23. The van der Waals surface area contributed by atoms with Gasteiger partial charge < -0.3 is 9.64 Å². The van der Waals surface area contributed by atoms with Crippen molar-refractivity contribution in [1.29, 1.82) is 0 Å². The van der Waals surface area contributed by atoms with E-state index < -0.39 is 10.5 Å². The van der Waals surface area contributed by atoms with Gasteiger partial charge in [-0.05, 0) is 19.9 Å². The van der Waals surface area contributed by atoms with Crippen LogP contribution in [0.3, 0.4) is 0 Å². The van der Waals surface area contributed by atoms with Crippen LogP contribution in [0.25, 0.3) is 0 Å². The quantitative estimate of drug-likeness (QED) is 0.628. The molecule has 1 aliphatic heterocycles. The summed E-state index contributed by atoms with van der Waals surface area (Å²) >= 11 is 6.32. The molecule has 1 aromatic heterocycles. The summed E-state index contributed by atoms with van der Waals surface area (Å²) in [4.78, 5) is 12.8. The first-order valence-corrected chi connectivity index (χ1v) is 8.00. The fourth-order valence-electron chi connectivity index (χ4n) is 3.04. The van der Waals surface area contributed by atoms with Crippen LogP contribution in [0.2, 0.25) is 5.02 Å². The highest BCUT2D eigenvalue weighted by molar-refractivity contribution is 6.33. The minimum atomic E-state index is -0.508. The topological polar surface area (TPSA) is 73.4 Å². The lowest BCUT2D eigenvalue weighted by molar-refractivity contribution is -0.385. The highest BCUT2D eigenvalue weighted by Gasteiger charge is 2.36. The van der Waals surface area contributed by atoms with E-state index in [1.165, 1.54) is 6.07 Å². The van der Waals surface area contributed by atoms with Crippen molar-refractivity contribution < 1.29 is 9.66 Å². The second-order valence-corrected chi connectivity index (χ2v) is 6.66. The van der Waals surface area contributed by atoms with E-state index in [4.69, 9.17) is 16.3 Å². The molecule has 8 heteroatoms. The van der Waals surface area contributed by atoms with Gasteiger partial charge in [-0.15, -0.1) is 0 Å². The van der Waals surface area contributed by atoms with Crippen LogP contribution in [-0.4, -0.2) is 34.4 Å². The highest BCUT2D eigenvalue weighted by Crippen LogP contribution is 2.37. The van der Waals surface area contributed by atoms with Gasteiger partial charge in [-0.2, -0.15) is 5.10 Å². The van der Waals surface area contributed by atoms with Gasteiger partial charge in [0.05, 0.1) is 35.0 Å². The Balaban J connectivity index is 1.93. The van der Waals surface area contributed by atoms with E-state index in [1.54, 1.807) is 23.9 Å². The Morgan fingerprint density at radius 1 is 1.46 bits per heavy atom. The predicted molar refractivity (Wildman–Crippen MR) is 91.6 cm³/mol. The molecule has 128 valence electrons. The van der Waals surface area contributed by atoms with Gasteiger partial charge in [-0.25, -0.2) is 0 Å². The molecular formula is C16H19ClN4O3. The van der Waals surface area contributed by atoms with E-state index in [9.17, 15) is 10.1 Å². The van der Waals surface area contributed by atoms with Crippen LogP contribution in [0.5, 0.6) is 0 Å². The number of ether oxygens (including phenoxy) is 1. The van der Waals surface area contributed by atoms with E-state index in [-0.39, 0.29) is 5.69 Å². The van der Waals surface area contributed by atoms with E-state index in [0.29, 0.717) is 30.3 Å². The smallest absolute Gasteiger partial charge is 0.273 e. The van der Waals surface area contributed by atoms with Crippen molar-refractivity contribution in [2.75, 3.05) is 24.6 Å². The van der Waals surface area contributed by atoms with Gasteiger partial charge in [-0.1, -0.05) is 11.6 Å². The summed E-state index contributed by atoms with van der Waals surface area (Å²) in [5, 5.41) is 15.6. The lowest BCUT2D eigenvalue weighted by Gasteiger charge is -2.41. The Hall–Kier alpha value is -2.12. The summed E-state index contributed by atoms with van der Waals surface area (Å²) in [6.07, 6.45) is 3.73. The molecule has 0 spiro atoms. The molecule has 3 rings (SSSR count). The maximum atomic E-state index is 11.1. The summed E-state index contributed by atoms with van der Waals surface area (Å²) in [7, 11) is 1.87. The van der Waals surface area contributed by atoms with Gasteiger partial charge in [0.2, 0.25) is 0 Å². The van der Waals surface area contributed by atoms with Crippen molar-refractivity contribution in [3.8, 4) is 0 Å². The minimum absolute atomic E-state index is 0.0343. The molecule has 24 heavy (non-hydrogen) atoms. The number of aryl methyl sites for hydroxylation is 2. The SMILES string of the molecule is Cc1cc(N2CCOC(C)(c3cnn(C)c3)C2)c(Cl)cc1[N+](=O)[O-]. The fraction of sp³-hybridized carbons (Fsp3) is 0.438. The van der Waals surface area contributed by atoms with Crippen LogP contribution in [-0.2, 0) is 17.4 Å². The largest absolute Gasteiger partial charge is 0.367 e. The molecule has 1 fully saturated rings. The molecule has 2 aromatic rings. The fourth-order valence-corrected chi connectivity index (χ4v) is 3.32. The molecule has 1 atom stereocenters. The Bertz CT molecular complexity index is 792. The van der Waals surface area contributed by atoms with Gasteiger partial charge in [0.25, 0.3) is 5.69 Å². The maximum absolute atomic E-state index is 11.1. The van der Waals surface area contributed by atoms with Crippen LogP contribution in [0, 0.1) is 17.0 Å². The third-order valence-corrected chi connectivity index (χ3v) is 4.70. The molecule has 0 N–H and O–H groups in total. The van der Waals surface area contributed by atoms with Crippen molar-refractivity contribution in [2.45, 2.75) is 19.4 Å². The van der Waals surface area contributed by atoms with Gasteiger partial charge in [0.15, 0.2) is 0 Å². The third-order valence-electron chi connectivity index (χ3n) is 4.39. The van der Waals surface area contributed by atoms with Gasteiger partial charge in [0.1, 0.15) is 5.60 Å². The standard InChI is InChI=1S/C16H19ClN4O3/c1-11-6-15(13(17)7-14(11)21(22)23)20-4-5-24-16(2,10-20)12-8-18-19(3)9-12/h6-9H,4-5,10H2,1-3H3. The zero-order valence-corrected chi connectivity index (χ0v) is 14.6. The first-order valence-electron chi connectivity index (χ1n) is 7.63. The average molecular weight is 351 g/mol. The molecule has 1 aromatic carbocycles. The number of benzene rings is 1. The zero-order chi connectivity index (χ0) is 17.5. The average Bonchev–Trinajstić information content (AvgIpc) is 2.96. The number of morpholine rings is 1. The molecule has 0 radical (unpaired) electrons. The second-order valence-electron chi connectivity index (χ2n) is 6.25. The number of hydrogen-bond donors (Lipinski definition) is 0. The second kappa shape index (κ2) is 6.07. The van der Waals surface area contributed by atoms with Gasteiger partial charge >= 0.3 is 0 Å². The summed E-state index contributed by atoms with van der Waals surface area (Å²) in [5.41, 5.74) is 1.90. The highest BCUT2D eigenvalue weighted by atomic mass is 35.5. The van der Waals surface area contributed by atoms with Crippen LogP contribution in [0.15, 0.2) is 24.5 Å². The number of hydrogen-bond acceptors (Lipinski definition) is 5. The number of halogens is 1. The first kappa shape index (κ1) is 16.7. The lowest BCUT2D eigenvalue weighted by atomic mass is 9.96. The van der Waals surface area contributed by atoms with Gasteiger partial charge in [0, 0.05) is 37.0 Å². The van der Waals surface area contributed by atoms with Crippen molar-refractivity contribution in [3.05, 3.63) is 50.8 Å². The molecule has 0 bridgehead atoms. The van der Waals surface area contributed by atoms with Crippen molar-refractivity contribution in [2.24, 2.45) is 7.05 Å². The molecule has 0 aliphatic carbocycles. The molecule has 1 aliphatic rings. The van der Waals surface area contributed by atoms with Crippen molar-refractivity contribution in [3.63, 3.8) is 0 Å². The third kappa shape index (κ3) is 2.97. The molecular weight excluding hydrogens is 332 g/mol. The zero-order valence-electron chi connectivity index (χ0n) is 13.8.